The van der Waals surface area contributed by atoms with Crippen molar-refractivity contribution in [3.05, 3.63) is 53.6 Å². The average Bonchev–Trinajstić information content (AvgIpc) is 2.32. The Balaban J connectivity index is 2.65. The van der Waals surface area contributed by atoms with Gasteiger partial charge in [0, 0.05) is 5.69 Å². The maximum atomic E-state index is 12.5. The molecule has 94 valence electrons. The number of benzene rings is 2. The summed E-state index contributed by atoms with van der Waals surface area (Å²) in [7, 11) is -3.49. The highest BCUT2D eigenvalue weighted by Crippen LogP contribution is 2.25. The fourth-order valence-corrected chi connectivity index (χ4v) is 3.44. The molecule has 0 heterocycles. The Morgan fingerprint density at radius 3 is 2.39 bits per heavy atom. The molecule has 0 fully saturated rings. The van der Waals surface area contributed by atoms with Crippen LogP contribution in [0, 0.1) is 13.8 Å². The van der Waals surface area contributed by atoms with Crippen LogP contribution >= 0.6 is 0 Å². The van der Waals surface area contributed by atoms with Gasteiger partial charge in [-0.3, -0.25) is 0 Å². The summed E-state index contributed by atoms with van der Waals surface area (Å²) < 4.78 is 25.0. The Morgan fingerprint density at radius 1 is 1.00 bits per heavy atom. The highest BCUT2D eigenvalue weighted by atomic mass is 32.2. The Labute approximate surface area is 107 Å². The molecule has 18 heavy (non-hydrogen) atoms. The second-order valence-corrected chi connectivity index (χ2v) is 6.26. The minimum atomic E-state index is -3.49. The summed E-state index contributed by atoms with van der Waals surface area (Å²) in [5, 5.41) is 0. The van der Waals surface area contributed by atoms with Crippen LogP contribution in [0.4, 0.5) is 5.69 Å². The SMILES string of the molecule is Cc1ccc(C)c(S(=O)(=O)c2cccc(N)c2)c1. The molecule has 4 heteroatoms. The Kier molecular flexibility index (Phi) is 3.13. The molecule has 2 aromatic rings. The van der Waals surface area contributed by atoms with Crippen molar-refractivity contribution in [1.29, 1.82) is 0 Å². The van der Waals surface area contributed by atoms with Crippen LogP contribution in [0.15, 0.2) is 52.3 Å². The second kappa shape index (κ2) is 4.46. The summed E-state index contributed by atoms with van der Waals surface area (Å²) in [5.41, 5.74) is 7.74. The number of sulfone groups is 1. The van der Waals surface area contributed by atoms with Gasteiger partial charge in [0.15, 0.2) is 0 Å². The first-order chi connectivity index (χ1) is 8.41. The normalized spacial score (nSPS) is 11.4. The summed E-state index contributed by atoms with van der Waals surface area (Å²) >= 11 is 0. The molecule has 0 atom stereocenters. The molecule has 0 saturated heterocycles. The van der Waals surface area contributed by atoms with Gasteiger partial charge in [0.25, 0.3) is 0 Å². The van der Waals surface area contributed by atoms with Crippen LogP contribution in [0.25, 0.3) is 0 Å². The third-order valence-corrected chi connectivity index (χ3v) is 4.69. The minimum absolute atomic E-state index is 0.233. The van der Waals surface area contributed by atoms with Crippen LogP contribution in [-0.2, 0) is 9.84 Å². The van der Waals surface area contributed by atoms with Gasteiger partial charge in [-0.1, -0.05) is 18.2 Å². The number of aryl methyl sites for hydroxylation is 2. The van der Waals surface area contributed by atoms with Crippen LogP contribution in [0.1, 0.15) is 11.1 Å². The molecule has 0 saturated carbocycles. The van der Waals surface area contributed by atoms with E-state index in [9.17, 15) is 8.42 Å². The summed E-state index contributed by atoms with van der Waals surface area (Å²) in [6.45, 7) is 3.66. The molecular formula is C14H15NO2S. The average molecular weight is 261 g/mol. The van der Waals surface area contributed by atoms with E-state index in [1.54, 1.807) is 31.2 Å². The molecule has 0 aromatic heterocycles. The molecule has 0 aliphatic carbocycles. The highest BCUT2D eigenvalue weighted by molar-refractivity contribution is 7.91. The lowest BCUT2D eigenvalue weighted by Gasteiger charge is -2.09. The first-order valence-corrected chi connectivity index (χ1v) is 7.07. The van der Waals surface area contributed by atoms with E-state index in [0.717, 1.165) is 11.1 Å². The third kappa shape index (κ3) is 2.24. The Hall–Kier alpha value is -1.81. The van der Waals surface area contributed by atoms with Gasteiger partial charge < -0.3 is 5.73 Å². The van der Waals surface area contributed by atoms with E-state index in [0.29, 0.717) is 10.6 Å². The van der Waals surface area contributed by atoms with E-state index in [4.69, 9.17) is 5.73 Å². The van der Waals surface area contributed by atoms with E-state index < -0.39 is 9.84 Å². The van der Waals surface area contributed by atoms with E-state index in [-0.39, 0.29) is 4.90 Å². The summed E-state index contributed by atoms with van der Waals surface area (Å²) in [6, 6.07) is 11.8. The van der Waals surface area contributed by atoms with Gasteiger partial charge in [0.05, 0.1) is 9.79 Å². The van der Waals surface area contributed by atoms with Gasteiger partial charge in [-0.25, -0.2) is 8.42 Å². The topological polar surface area (TPSA) is 60.2 Å². The number of hydrogen-bond donors (Lipinski definition) is 1. The Bertz CT molecular complexity index is 691. The van der Waals surface area contributed by atoms with Crippen LogP contribution in [0.2, 0.25) is 0 Å². The van der Waals surface area contributed by atoms with Gasteiger partial charge in [-0.15, -0.1) is 0 Å². The molecule has 3 nitrogen and oxygen atoms in total. The first-order valence-electron chi connectivity index (χ1n) is 5.59. The fraction of sp³-hybridized carbons (Fsp3) is 0.143. The number of rotatable bonds is 2. The van der Waals surface area contributed by atoms with Crippen LogP contribution in [0.3, 0.4) is 0 Å². The zero-order chi connectivity index (χ0) is 13.3. The van der Waals surface area contributed by atoms with Gasteiger partial charge >= 0.3 is 0 Å². The predicted octanol–water partition coefficient (Wildman–Crippen LogP) is 2.72. The largest absolute Gasteiger partial charge is 0.399 e. The maximum Gasteiger partial charge on any atom is 0.206 e. The van der Waals surface area contributed by atoms with Crippen LogP contribution in [-0.4, -0.2) is 8.42 Å². The Morgan fingerprint density at radius 2 is 1.72 bits per heavy atom. The summed E-state index contributed by atoms with van der Waals surface area (Å²) in [4.78, 5) is 0.573. The summed E-state index contributed by atoms with van der Waals surface area (Å²) in [5.74, 6) is 0. The van der Waals surface area contributed by atoms with Gasteiger partial charge in [0.2, 0.25) is 9.84 Å². The highest BCUT2D eigenvalue weighted by Gasteiger charge is 2.19. The lowest BCUT2D eigenvalue weighted by molar-refractivity contribution is 0.595. The van der Waals surface area contributed by atoms with E-state index in [1.807, 2.05) is 19.1 Å². The number of anilines is 1. The van der Waals surface area contributed by atoms with Crippen molar-refractivity contribution >= 4 is 15.5 Å². The summed E-state index contributed by atoms with van der Waals surface area (Å²) in [6.07, 6.45) is 0. The monoisotopic (exact) mass is 261 g/mol. The number of nitrogens with two attached hydrogens (primary N) is 1. The van der Waals surface area contributed by atoms with Crippen molar-refractivity contribution < 1.29 is 8.42 Å². The number of hydrogen-bond acceptors (Lipinski definition) is 3. The molecule has 0 aliphatic heterocycles. The van der Waals surface area contributed by atoms with Gasteiger partial charge in [-0.05, 0) is 49.2 Å². The van der Waals surface area contributed by atoms with Crippen molar-refractivity contribution in [2.75, 3.05) is 5.73 Å². The number of nitrogen functional groups attached to an aromatic ring is 1. The molecule has 2 N–H and O–H groups in total. The first kappa shape index (κ1) is 12.6. The van der Waals surface area contributed by atoms with E-state index >= 15 is 0 Å². The van der Waals surface area contributed by atoms with Crippen molar-refractivity contribution in [2.24, 2.45) is 0 Å². The second-order valence-electron chi connectivity index (χ2n) is 4.34. The lowest BCUT2D eigenvalue weighted by atomic mass is 10.2. The van der Waals surface area contributed by atoms with Crippen LogP contribution < -0.4 is 5.73 Å². The molecule has 2 rings (SSSR count). The molecule has 2 aromatic carbocycles. The van der Waals surface area contributed by atoms with Gasteiger partial charge in [0.1, 0.15) is 0 Å². The zero-order valence-electron chi connectivity index (χ0n) is 10.3. The molecule has 0 aliphatic rings. The maximum absolute atomic E-state index is 12.5. The molecule has 0 radical (unpaired) electrons. The third-order valence-electron chi connectivity index (χ3n) is 2.80. The quantitative estimate of drug-likeness (QED) is 0.845. The van der Waals surface area contributed by atoms with E-state index in [1.165, 1.54) is 6.07 Å². The van der Waals surface area contributed by atoms with Crippen molar-refractivity contribution in [1.82, 2.24) is 0 Å². The fourth-order valence-electron chi connectivity index (χ4n) is 1.81. The van der Waals surface area contributed by atoms with Gasteiger partial charge in [-0.2, -0.15) is 0 Å². The zero-order valence-corrected chi connectivity index (χ0v) is 11.2. The lowest BCUT2D eigenvalue weighted by Crippen LogP contribution is -2.05. The van der Waals surface area contributed by atoms with Crippen molar-refractivity contribution in [2.45, 2.75) is 23.6 Å². The molecular weight excluding hydrogens is 246 g/mol. The van der Waals surface area contributed by atoms with Crippen molar-refractivity contribution in [3.63, 3.8) is 0 Å². The molecule has 0 amide bonds. The molecule has 0 bridgehead atoms. The molecule has 0 spiro atoms. The smallest absolute Gasteiger partial charge is 0.206 e. The van der Waals surface area contributed by atoms with Crippen molar-refractivity contribution in [3.8, 4) is 0 Å². The van der Waals surface area contributed by atoms with E-state index in [2.05, 4.69) is 0 Å². The minimum Gasteiger partial charge on any atom is -0.399 e. The predicted molar refractivity (Wildman–Crippen MR) is 72.2 cm³/mol. The standard InChI is InChI=1S/C14H15NO2S/c1-10-6-7-11(2)14(8-10)18(16,17)13-5-3-4-12(15)9-13/h3-9H,15H2,1-2H3. The molecule has 0 unspecified atom stereocenters. The van der Waals surface area contributed by atoms with Crippen LogP contribution in [0.5, 0.6) is 0 Å².